The number of alkyl halides is 3. The number of nitrogens with zero attached hydrogens (tertiary/aromatic N) is 4. The molecule has 0 unspecified atom stereocenters. The number of fused-ring (bicyclic) bond motifs is 1. The van der Waals surface area contributed by atoms with Gasteiger partial charge in [-0.3, -0.25) is 5.32 Å². The number of rotatable bonds is 5. The smallest absolute Gasteiger partial charge is 0.420 e. The number of carbonyl (C=O) groups is 2. The minimum atomic E-state index is -4.63. The number of ether oxygens (including phenoxy) is 3. The van der Waals surface area contributed by atoms with Crippen molar-refractivity contribution in [3.63, 3.8) is 0 Å². The molecule has 1 aromatic carbocycles. The number of carbonyl (C=O) groups excluding carboxylic acids is 2. The van der Waals surface area contributed by atoms with E-state index < -0.39 is 35.1 Å². The Balaban J connectivity index is 1.84. The summed E-state index contributed by atoms with van der Waals surface area (Å²) >= 11 is 0. The number of amides is 1. The van der Waals surface area contributed by atoms with Gasteiger partial charge in [-0.15, -0.1) is 0 Å². The molecule has 0 aliphatic carbocycles. The average molecular weight is 600 g/mol. The Bertz CT molecular complexity index is 1670. The molecule has 1 N–H and O–H groups in total. The van der Waals surface area contributed by atoms with Crippen LogP contribution in [0.4, 0.5) is 28.6 Å². The normalized spacial score (nSPS) is 12.2. The van der Waals surface area contributed by atoms with Crippen LogP contribution >= 0.6 is 0 Å². The van der Waals surface area contributed by atoms with Crippen LogP contribution in [-0.4, -0.2) is 42.9 Å². The number of halogens is 3. The van der Waals surface area contributed by atoms with Crippen LogP contribution in [0, 0.1) is 6.92 Å². The highest BCUT2D eigenvalue weighted by Gasteiger charge is 2.34. The second-order valence-corrected chi connectivity index (χ2v) is 11.6. The maximum Gasteiger partial charge on any atom is 0.420 e. The summed E-state index contributed by atoms with van der Waals surface area (Å²) in [6, 6.07) is 8.05. The highest BCUT2D eigenvalue weighted by Crippen LogP contribution is 2.37. The Morgan fingerprint density at radius 1 is 0.953 bits per heavy atom. The molecular formula is C30H32F3N5O5. The number of nitrogens with one attached hydrogen (secondary N) is 1. The maximum atomic E-state index is 13.6. The van der Waals surface area contributed by atoms with E-state index in [1.807, 2.05) is 0 Å². The van der Waals surface area contributed by atoms with Crippen molar-refractivity contribution in [2.75, 3.05) is 5.32 Å². The average Bonchev–Trinajstić information content (AvgIpc) is 3.24. The van der Waals surface area contributed by atoms with Crippen LogP contribution in [-0.2, 0) is 22.3 Å². The van der Waals surface area contributed by atoms with E-state index >= 15 is 0 Å². The quantitative estimate of drug-likeness (QED) is 0.250. The summed E-state index contributed by atoms with van der Waals surface area (Å²) in [6.45, 7) is 11.5. The third kappa shape index (κ3) is 7.79. The fourth-order valence-corrected chi connectivity index (χ4v) is 4.14. The number of benzene rings is 1. The van der Waals surface area contributed by atoms with E-state index in [-0.39, 0.29) is 35.3 Å². The van der Waals surface area contributed by atoms with Gasteiger partial charge in [0.1, 0.15) is 35.2 Å². The molecule has 0 radical (unpaired) electrons. The van der Waals surface area contributed by atoms with Crippen molar-refractivity contribution in [2.45, 2.75) is 72.5 Å². The van der Waals surface area contributed by atoms with E-state index in [1.54, 1.807) is 60.6 Å². The topological polar surface area (TPSA) is 117 Å². The van der Waals surface area contributed by atoms with Gasteiger partial charge in [0.2, 0.25) is 0 Å². The van der Waals surface area contributed by atoms with E-state index in [9.17, 15) is 22.8 Å². The molecule has 0 spiro atoms. The Morgan fingerprint density at radius 2 is 1.63 bits per heavy atom. The predicted octanol–water partition coefficient (Wildman–Crippen LogP) is 7.53. The van der Waals surface area contributed by atoms with Crippen LogP contribution in [0.1, 0.15) is 58.6 Å². The van der Waals surface area contributed by atoms with Crippen molar-refractivity contribution in [2.24, 2.45) is 0 Å². The summed E-state index contributed by atoms with van der Waals surface area (Å²) in [5.74, 6) is 0.0434. The molecule has 4 rings (SSSR count). The minimum Gasteiger partial charge on any atom is -0.487 e. The number of hydrogen-bond donors (Lipinski definition) is 1. The van der Waals surface area contributed by atoms with Crippen LogP contribution in [0.5, 0.6) is 5.75 Å². The molecule has 1 amide bonds. The Hall–Kier alpha value is -4.68. The lowest BCUT2D eigenvalue weighted by Crippen LogP contribution is -2.27. The van der Waals surface area contributed by atoms with Crippen LogP contribution in [0.15, 0.2) is 48.8 Å². The third-order valence-electron chi connectivity index (χ3n) is 5.68. The van der Waals surface area contributed by atoms with E-state index in [1.165, 1.54) is 35.2 Å². The molecule has 0 aliphatic rings. The Kier molecular flexibility index (Phi) is 8.39. The fraction of sp³-hybridized carbons (Fsp3) is 0.367. The van der Waals surface area contributed by atoms with E-state index in [0.29, 0.717) is 16.5 Å². The summed E-state index contributed by atoms with van der Waals surface area (Å²) in [6.07, 6.45) is -3.13. The first-order chi connectivity index (χ1) is 19.9. The largest absolute Gasteiger partial charge is 0.487 e. The molecule has 0 bridgehead atoms. The Labute approximate surface area is 246 Å². The van der Waals surface area contributed by atoms with Gasteiger partial charge in [-0.05, 0) is 78.3 Å². The van der Waals surface area contributed by atoms with Gasteiger partial charge in [0.05, 0.1) is 16.6 Å². The monoisotopic (exact) mass is 599 g/mol. The lowest BCUT2D eigenvalue weighted by molar-refractivity contribution is -0.139. The zero-order valence-electron chi connectivity index (χ0n) is 24.8. The van der Waals surface area contributed by atoms with Crippen LogP contribution in [0.2, 0.25) is 0 Å². The maximum absolute atomic E-state index is 13.6. The molecule has 3 heterocycles. The van der Waals surface area contributed by atoms with Crippen LogP contribution in [0.25, 0.3) is 22.2 Å². The molecule has 13 heteroatoms. The summed E-state index contributed by atoms with van der Waals surface area (Å²) in [7, 11) is 0. The van der Waals surface area contributed by atoms with Gasteiger partial charge in [-0.25, -0.2) is 29.1 Å². The van der Waals surface area contributed by atoms with Gasteiger partial charge in [0.15, 0.2) is 5.65 Å². The zero-order valence-corrected chi connectivity index (χ0v) is 24.8. The second kappa shape index (κ2) is 11.5. The van der Waals surface area contributed by atoms with E-state index in [0.717, 1.165) is 6.07 Å². The summed E-state index contributed by atoms with van der Waals surface area (Å²) in [4.78, 5) is 38.7. The van der Waals surface area contributed by atoms with Crippen molar-refractivity contribution >= 4 is 29.0 Å². The molecule has 0 aliphatic heterocycles. The Morgan fingerprint density at radius 3 is 2.28 bits per heavy atom. The van der Waals surface area contributed by atoms with Crippen molar-refractivity contribution in [1.29, 1.82) is 0 Å². The van der Waals surface area contributed by atoms with Crippen molar-refractivity contribution in [1.82, 2.24) is 19.5 Å². The van der Waals surface area contributed by atoms with Crippen molar-refractivity contribution in [3.8, 4) is 16.9 Å². The molecular weight excluding hydrogens is 567 g/mol. The van der Waals surface area contributed by atoms with Gasteiger partial charge in [-0.1, -0.05) is 12.1 Å². The van der Waals surface area contributed by atoms with Gasteiger partial charge in [0.25, 0.3) is 0 Å². The molecule has 0 saturated carbocycles. The van der Waals surface area contributed by atoms with Crippen LogP contribution < -0.4 is 10.1 Å². The molecule has 4 aromatic rings. The molecule has 0 atom stereocenters. The number of para-hydroxylation sites is 1. The summed E-state index contributed by atoms with van der Waals surface area (Å²) in [5.41, 5.74) is -1.18. The lowest BCUT2D eigenvalue weighted by Gasteiger charge is -2.19. The summed E-state index contributed by atoms with van der Waals surface area (Å²) in [5, 5.41) is 2.92. The molecule has 228 valence electrons. The molecule has 0 fully saturated rings. The van der Waals surface area contributed by atoms with Gasteiger partial charge < -0.3 is 14.2 Å². The van der Waals surface area contributed by atoms with Gasteiger partial charge in [-0.2, -0.15) is 13.2 Å². The standard InChI is InChI=1S/C30H32F3N5O5/c1-17-35-21(16-41-22-11-9-8-10-20(22)30(31,32)33)24-19(15-38(25(24)36-17)27(40)43-29(5,6)7)18-12-13-34-23(14-18)37-26(39)42-28(2,3)4/h8-15H,16H2,1-7H3,(H,34,37,39). The molecule has 3 aromatic heterocycles. The fourth-order valence-electron chi connectivity index (χ4n) is 4.14. The predicted molar refractivity (Wildman–Crippen MR) is 153 cm³/mol. The lowest BCUT2D eigenvalue weighted by atomic mass is 10.1. The highest BCUT2D eigenvalue weighted by atomic mass is 19.4. The first kappa shape index (κ1) is 31.3. The van der Waals surface area contributed by atoms with E-state index in [2.05, 4.69) is 20.3 Å². The molecule has 0 saturated heterocycles. The first-order valence-corrected chi connectivity index (χ1v) is 13.3. The number of pyridine rings is 1. The summed E-state index contributed by atoms with van der Waals surface area (Å²) < 4.78 is 58.6. The number of anilines is 1. The van der Waals surface area contributed by atoms with Crippen molar-refractivity contribution < 1.29 is 37.0 Å². The van der Waals surface area contributed by atoms with Crippen molar-refractivity contribution in [3.05, 3.63) is 65.9 Å². The van der Waals surface area contributed by atoms with Gasteiger partial charge >= 0.3 is 18.4 Å². The highest BCUT2D eigenvalue weighted by molar-refractivity contribution is 6.00. The first-order valence-electron chi connectivity index (χ1n) is 13.3. The van der Waals surface area contributed by atoms with Crippen LogP contribution in [0.3, 0.4) is 0 Å². The second-order valence-electron chi connectivity index (χ2n) is 11.6. The SMILES string of the molecule is Cc1nc(COc2ccccc2C(F)(F)F)c2c(-c3ccnc(NC(=O)OC(C)(C)C)c3)cn(C(=O)OC(C)(C)C)c2n1. The third-order valence-corrected chi connectivity index (χ3v) is 5.68. The molecule has 10 nitrogen and oxygen atoms in total. The zero-order chi connectivity index (χ0) is 31.7. The van der Waals surface area contributed by atoms with Gasteiger partial charge in [0, 0.05) is 18.0 Å². The minimum absolute atomic E-state index is 0.162. The number of aryl methyl sites for hydroxylation is 1. The number of hydrogen-bond acceptors (Lipinski definition) is 8. The number of aromatic nitrogens is 4. The molecule has 43 heavy (non-hydrogen) atoms. The van der Waals surface area contributed by atoms with E-state index in [4.69, 9.17) is 14.2 Å².